The second-order valence-electron chi connectivity index (χ2n) is 9.53. The van der Waals surface area contributed by atoms with Crippen LogP contribution in [-0.2, 0) is 11.3 Å². The number of carbonyl (C=O) groups excluding carboxylic acids is 2. The van der Waals surface area contributed by atoms with Crippen LogP contribution in [-0.4, -0.2) is 22.8 Å². The van der Waals surface area contributed by atoms with Crippen molar-refractivity contribution in [2.75, 3.05) is 5.32 Å². The van der Waals surface area contributed by atoms with E-state index in [4.69, 9.17) is 11.6 Å². The summed E-state index contributed by atoms with van der Waals surface area (Å²) >= 11 is 8.08. The van der Waals surface area contributed by atoms with Crippen molar-refractivity contribution < 1.29 is 14.0 Å². The van der Waals surface area contributed by atoms with E-state index in [0.717, 1.165) is 53.3 Å². The molecule has 0 bridgehead atoms. The minimum absolute atomic E-state index is 0.0440. The molecule has 37 heavy (non-hydrogen) atoms. The molecule has 4 aromatic rings. The van der Waals surface area contributed by atoms with Crippen LogP contribution in [0.4, 0.5) is 10.1 Å². The second-order valence-corrected chi connectivity index (χ2v) is 11.0. The average Bonchev–Trinajstić information content (AvgIpc) is 3.25. The fourth-order valence-electron chi connectivity index (χ4n) is 5.05. The Bertz CT molecular complexity index is 1440. The first kappa shape index (κ1) is 25.4. The SMILES string of the molecule is CC(=O)Nc1ccc(-c2ccc(F)c(CN(C(=O)c3sc4ccccc4c3Cl)C3CCCCC3)c2)cc1. The van der Waals surface area contributed by atoms with Crippen molar-refractivity contribution in [2.45, 2.75) is 51.6 Å². The Morgan fingerprint density at radius 1 is 1.00 bits per heavy atom. The summed E-state index contributed by atoms with van der Waals surface area (Å²) < 4.78 is 16.1. The molecule has 1 aliphatic carbocycles. The van der Waals surface area contributed by atoms with E-state index in [1.165, 1.54) is 24.3 Å². The number of hydrogen-bond donors (Lipinski definition) is 1. The zero-order valence-electron chi connectivity index (χ0n) is 20.6. The summed E-state index contributed by atoms with van der Waals surface area (Å²) in [6.07, 6.45) is 5.07. The molecule has 3 aromatic carbocycles. The summed E-state index contributed by atoms with van der Waals surface area (Å²) in [5.41, 5.74) is 2.92. The highest BCUT2D eigenvalue weighted by molar-refractivity contribution is 7.21. The lowest BCUT2D eigenvalue weighted by molar-refractivity contribution is -0.114. The van der Waals surface area contributed by atoms with Crippen LogP contribution in [0.3, 0.4) is 0 Å². The molecule has 0 atom stereocenters. The average molecular weight is 535 g/mol. The van der Waals surface area contributed by atoms with Gasteiger partial charge in [0.1, 0.15) is 10.7 Å². The first-order chi connectivity index (χ1) is 17.9. The van der Waals surface area contributed by atoms with Crippen molar-refractivity contribution in [3.05, 3.63) is 88.0 Å². The number of halogens is 2. The van der Waals surface area contributed by atoms with E-state index < -0.39 is 0 Å². The van der Waals surface area contributed by atoms with E-state index >= 15 is 4.39 Å². The Morgan fingerprint density at radius 2 is 1.70 bits per heavy atom. The molecule has 1 saturated carbocycles. The Morgan fingerprint density at radius 3 is 2.41 bits per heavy atom. The van der Waals surface area contributed by atoms with Gasteiger partial charge in [-0.1, -0.05) is 67.3 Å². The minimum atomic E-state index is -0.338. The van der Waals surface area contributed by atoms with Crippen molar-refractivity contribution in [3.63, 3.8) is 0 Å². The van der Waals surface area contributed by atoms with Crippen molar-refractivity contribution in [1.82, 2.24) is 4.90 Å². The van der Waals surface area contributed by atoms with Gasteiger partial charge in [0, 0.05) is 40.8 Å². The Hall–Kier alpha value is -3.22. The van der Waals surface area contributed by atoms with E-state index in [1.54, 1.807) is 6.07 Å². The zero-order chi connectivity index (χ0) is 25.9. The molecule has 4 nitrogen and oxygen atoms in total. The van der Waals surface area contributed by atoms with Gasteiger partial charge in [-0.25, -0.2) is 4.39 Å². The standard InChI is InChI=1S/C30H28ClFN2O2S/c1-19(35)33-23-14-11-20(12-15-23)21-13-16-26(32)22(17-21)18-34(24-7-3-2-4-8-24)30(36)29-28(31)25-9-5-6-10-27(25)37-29/h5-6,9-17,24H,2-4,7-8,18H2,1H3,(H,33,35). The fourth-order valence-corrected chi connectivity index (χ4v) is 6.52. The maximum Gasteiger partial charge on any atom is 0.266 e. The number of thiophene rings is 1. The van der Waals surface area contributed by atoms with Crippen LogP contribution in [0.1, 0.15) is 54.3 Å². The van der Waals surface area contributed by atoms with E-state index in [0.29, 0.717) is 21.2 Å². The molecule has 5 rings (SSSR count). The highest BCUT2D eigenvalue weighted by atomic mass is 35.5. The summed E-state index contributed by atoms with van der Waals surface area (Å²) in [6, 6.07) is 20.2. The van der Waals surface area contributed by atoms with Gasteiger partial charge in [0.2, 0.25) is 5.91 Å². The summed E-state index contributed by atoms with van der Waals surface area (Å²) in [5, 5.41) is 4.10. The fraction of sp³-hybridized carbons (Fsp3) is 0.267. The Labute approximate surface area is 225 Å². The lowest BCUT2D eigenvalue weighted by Crippen LogP contribution is -2.41. The quantitative estimate of drug-likeness (QED) is 0.270. The van der Waals surface area contributed by atoms with Crippen molar-refractivity contribution in [1.29, 1.82) is 0 Å². The first-order valence-electron chi connectivity index (χ1n) is 12.5. The number of hydrogen-bond acceptors (Lipinski definition) is 3. The maximum absolute atomic E-state index is 15.1. The number of nitrogens with zero attached hydrogens (tertiary/aromatic N) is 1. The predicted molar refractivity (Wildman–Crippen MR) is 150 cm³/mol. The Kier molecular flexibility index (Phi) is 7.58. The third kappa shape index (κ3) is 5.55. The van der Waals surface area contributed by atoms with Gasteiger partial charge in [-0.3, -0.25) is 9.59 Å². The molecule has 0 radical (unpaired) electrons. The smallest absolute Gasteiger partial charge is 0.266 e. The largest absolute Gasteiger partial charge is 0.330 e. The van der Waals surface area contributed by atoms with Crippen LogP contribution in [0, 0.1) is 5.82 Å². The molecule has 1 fully saturated rings. The topological polar surface area (TPSA) is 49.4 Å². The van der Waals surface area contributed by atoms with E-state index in [2.05, 4.69) is 5.32 Å². The van der Waals surface area contributed by atoms with Crippen LogP contribution in [0.2, 0.25) is 5.02 Å². The van der Waals surface area contributed by atoms with Gasteiger partial charge in [-0.2, -0.15) is 0 Å². The van der Waals surface area contributed by atoms with Crippen molar-refractivity contribution >= 4 is 50.5 Å². The van der Waals surface area contributed by atoms with Crippen LogP contribution >= 0.6 is 22.9 Å². The van der Waals surface area contributed by atoms with Crippen molar-refractivity contribution in [3.8, 4) is 11.1 Å². The van der Waals surface area contributed by atoms with E-state index in [9.17, 15) is 9.59 Å². The number of anilines is 1. The molecule has 0 unspecified atom stereocenters. The number of benzene rings is 3. The molecular weight excluding hydrogens is 507 g/mol. The van der Waals surface area contributed by atoms with Gasteiger partial charge in [0.15, 0.2) is 0 Å². The molecule has 190 valence electrons. The first-order valence-corrected chi connectivity index (χ1v) is 13.7. The molecule has 7 heteroatoms. The van der Waals surface area contributed by atoms with Crippen LogP contribution in [0.25, 0.3) is 21.2 Å². The highest BCUT2D eigenvalue weighted by Crippen LogP contribution is 2.38. The van der Waals surface area contributed by atoms with Crippen LogP contribution in [0.15, 0.2) is 66.7 Å². The number of fused-ring (bicyclic) bond motifs is 1. The summed E-state index contributed by atoms with van der Waals surface area (Å²) in [7, 11) is 0. The molecule has 2 amide bonds. The van der Waals surface area contributed by atoms with Gasteiger partial charge in [0.25, 0.3) is 5.91 Å². The lowest BCUT2D eigenvalue weighted by atomic mass is 9.93. The van der Waals surface area contributed by atoms with Gasteiger partial charge < -0.3 is 10.2 Å². The number of nitrogens with one attached hydrogen (secondary N) is 1. The van der Waals surface area contributed by atoms with Crippen LogP contribution < -0.4 is 5.32 Å². The second kappa shape index (κ2) is 11.0. The normalized spacial score (nSPS) is 14.0. The van der Waals surface area contributed by atoms with Gasteiger partial charge in [-0.15, -0.1) is 11.3 Å². The number of amides is 2. The lowest BCUT2D eigenvalue weighted by Gasteiger charge is -2.34. The monoisotopic (exact) mass is 534 g/mol. The highest BCUT2D eigenvalue weighted by Gasteiger charge is 2.30. The minimum Gasteiger partial charge on any atom is -0.330 e. The van der Waals surface area contributed by atoms with E-state index in [1.807, 2.05) is 59.5 Å². The van der Waals surface area contributed by atoms with Gasteiger partial charge in [0.05, 0.1) is 5.02 Å². The summed E-state index contributed by atoms with van der Waals surface area (Å²) in [5.74, 6) is -0.611. The predicted octanol–water partition coefficient (Wildman–Crippen LogP) is 8.29. The van der Waals surface area contributed by atoms with E-state index in [-0.39, 0.29) is 30.2 Å². The molecule has 0 saturated heterocycles. The molecule has 0 spiro atoms. The molecule has 1 N–H and O–H groups in total. The summed E-state index contributed by atoms with van der Waals surface area (Å²) in [6.45, 7) is 1.64. The zero-order valence-corrected chi connectivity index (χ0v) is 22.2. The summed E-state index contributed by atoms with van der Waals surface area (Å²) in [4.78, 5) is 27.6. The van der Waals surface area contributed by atoms with Gasteiger partial charge in [-0.05, 0) is 54.3 Å². The van der Waals surface area contributed by atoms with Crippen LogP contribution in [0.5, 0.6) is 0 Å². The number of rotatable bonds is 6. The molecule has 1 aliphatic rings. The third-order valence-corrected chi connectivity index (χ3v) is 8.59. The van der Waals surface area contributed by atoms with Crippen molar-refractivity contribution in [2.24, 2.45) is 0 Å². The third-order valence-electron chi connectivity index (χ3n) is 6.93. The Balaban J connectivity index is 1.47. The van der Waals surface area contributed by atoms with Gasteiger partial charge >= 0.3 is 0 Å². The molecule has 1 heterocycles. The molecular formula is C30H28ClFN2O2S. The maximum atomic E-state index is 15.1. The molecule has 1 aromatic heterocycles. The molecule has 0 aliphatic heterocycles. The number of carbonyl (C=O) groups is 2.